The van der Waals surface area contributed by atoms with E-state index in [-0.39, 0.29) is 10.7 Å². The second kappa shape index (κ2) is 10.6. The zero-order valence-electron chi connectivity index (χ0n) is 19.5. The normalized spacial score (nSPS) is 13.4. The summed E-state index contributed by atoms with van der Waals surface area (Å²) in [6.45, 7) is 4.04. The van der Waals surface area contributed by atoms with Gasteiger partial charge in [0.1, 0.15) is 16.5 Å². The molecular formula is C28H25ClN2O4. The van der Waals surface area contributed by atoms with Gasteiger partial charge in [-0.3, -0.25) is 9.59 Å². The van der Waals surface area contributed by atoms with Gasteiger partial charge in [-0.2, -0.15) is 0 Å². The van der Waals surface area contributed by atoms with E-state index in [0.717, 1.165) is 35.3 Å². The fraction of sp³-hybridized carbons (Fsp3) is 0.179. The van der Waals surface area contributed by atoms with Crippen LogP contribution in [0.1, 0.15) is 41.3 Å². The minimum atomic E-state index is -0.584. The molecule has 0 atom stereocenters. The highest BCUT2D eigenvalue weighted by molar-refractivity contribution is 6.53. The van der Waals surface area contributed by atoms with Crippen LogP contribution in [-0.2, 0) is 16.0 Å². The van der Waals surface area contributed by atoms with Gasteiger partial charge in [0.05, 0.1) is 11.3 Å². The molecule has 0 spiro atoms. The predicted octanol–water partition coefficient (Wildman–Crippen LogP) is 5.99. The number of benzene rings is 3. The third kappa shape index (κ3) is 5.44. The van der Waals surface area contributed by atoms with Crippen LogP contribution in [-0.4, -0.2) is 17.8 Å². The minimum Gasteiger partial charge on any atom is -0.423 e. The fourth-order valence-corrected chi connectivity index (χ4v) is 3.93. The Labute approximate surface area is 209 Å². The number of hydrogen-bond donors (Lipinski definition) is 1. The second-order valence-electron chi connectivity index (χ2n) is 8.31. The summed E-state index contributed by atoms with van der Waals surface area (Å²) in [5.74, 6) is -1.16. The Hall–Kier alpha value is -3.90. The number of nitrogens with zero attached hydrogens (tertiary/aromatic N) is 1. The summed E-state index contributed by atoms with van der Waals surface area (Å²) >= 11 is 6.23. The van der Waals surface area contributed by atoms with E-state index in [1.54, 1.807) is 48.5 Å². The molecule has 3 aromatic rings. The molecule has 4 rings (SSSR count). The lowest BCUT2D eigenvalue weighted by molar-refractivity contribution is -0.120. The Morgan fingerprint density at radius 1 is 0.971 bits per heavy atom. The van der Waals surface area contributed by atoms with Crippen LogP contribution < -0.4 is 15.0 Å². The molecule has 0 aliphatic carbocycles. The maximum Gasteiger partial charge on any atom is 0.343 e. The number of esters is 1. The van der Waals surface area contributed by atoms with Crippen LogP contribution in [0.3, 0.4) is 0 Å². The van der Waals surface area contributed by atoms with Gasteiger partial charge in [0.2, 0.25) is 0 Å². The van der Waals surface area contributed by atoms with Crippen molar-refractivity contribution < 1.29 is 19.1 Å². The van der Waals surface area contributed by atoms with Crippen molar-refractivity contribution in [2.45, 2.75) is 33.1 Å². The predicted molar refractivity (Wildman–Crippen MR) is 137 cm³/mol. The maximum atomic E-state index is 13.0. The standard InChI is InChI=1S/C28H25ClN2O4/c1-3-4-7-19-9-15-22(16-10-19)31-26(32)24(29)25(27(31)33)30-21-13-11-20(12-14-21)28(34)35-23-8-5-6-18(2)17-23/h5-6,8-17,30H,3-4,7H2,1-2H3. The number of ether oxygens (including phenoxy) is 1. The first kappa shape index (κ1) is 24.2. The molecule has 35 heavy (non-hydrogen) atoms. The van der Waals surface area contributed by atoms with E-state index >= 15 is 0 Å². The van der Waals surface area contributed by atoms with Gasteiger partial charge >= 0.3 is 5.97 Å². The molecule has 1 aliphatic rings. The first-order valence-electron chi connectivity index (χ1n) is 11.4. The summed E-state index contributed by atoms with van der Waals surface area (Å²) in [6, 6.07) is 20.9. The highest BCUT2D eigenvalue weighted by Crippen LogP contribution is 2.30. The maximum absolute atomic E-state index is 13.0. The number of carbonyl (C=O) groups is 3. The number of hydrogen-bond acceptors (Lipinski definition) is 5. The van der Waals surface area contributed by atoms with E-state index in [9.17, 15) is 14.4 Å². The van der Waals surface area contributed by atoms with E-state index in [1.165, 1.54) is 0 Å². The van der Waals surface area contributed by atoms with E-state index < -0.39 is 17.8 Å². The van der Waals surface area contributed by atoms with Crippen molar-refractivity contribution in [3.05, 3.63) is 100 Å². The van der Waals surface area contributed by atoms with Crippen LogP contribution in [0.4, 0.5) is 11.4 Å². The van der Waals surface area contributed by atoms with Crippen LogP contribution >= 0.6 is 11.6 Å². The number of amides is 2. The molecule has 178 valence electrons. The number of rotatable bonds is 8. The molecule has 3 aromatic carbocycles. The Bertz CT molecular complexity index is 1300. The molecule has 0 saturated carbocycles. The molecule has 0 unspecified atom stereocenters. The van der Waals surface area contributed by atoms with Gasteiger partial charge in [-0.05, 0) is 79.4 Å². The zero-order valence-corrected chi connectivity index (χ0v) is 20.3. The molecule has 0 aromatic heterocycles. The van der Waals surface area contributed by atoms with Crippen molar-refractivity contribution in [2.24, 2.45) is 0 Å². The number of halogens is 1. The van der Waals surface area contributed by atoms with E-state index in [2.05, 4.69) is 12.2 Å². The van der Waals surface area contributed by atoms with Gasteiger partial charge in [0.15, 0.2) is 0 Å². The first-order chi connectivity index (χ1) is 16.9. The van der Waals surface area contributed by atoms with Crippen molar-refractivity contribution in [2.75, 3.05) is 10.2 Å². The van der Waals surface area contributed by atoms with Gasteiger partial charge in [-0.25, -0.2) is 9.69 Å². The van der Waals surface area contributed by atoms with Crippen LogP contribution in [0, 0.1) is 6.92 Å². The molecule has 2 amide bonds. The molecule has 1 heterocycles. The first-order valence-corrected chi connectivity index (χ1v) is 11.8. The second-order valence-corrected chi connectivity index (χ2v) is 8.69. The van der Waals surface area contributed by atoms with Crippen molar-refractivity contribution in [3.8, 4) is 5.75 Å². The van der Waals surface area contributed by atoms with Crippen molar-refractivity contribution in [1.29, 1.82) is 0 Å². The molecule has 7 heteroatoms. The lowest BCUT2D eigenvalue weighted by atomic mass is 10.1. The fourth-order valence-electron chi connectivity index (χ4n) is 3.72. The van der Waals surface area contributed by atoms with Crippen molar-refractivity contribution in [1.82, 2.24) is 0 Å². The Balaban J connectivity index is 1.44. The number of imide groups is 1. The molecule has 0 radical (unpaired) electrons. The van der Waals surface area contributed by atoms with E-state index in [0.29, 0.717) is 22.7 Å². The number of carbonyl (C=O) groups excluding carboxylic acids is 3. The quantitative estimate of drug-likeness (QED) is 0.239. The molecule has 0 saturated heterocycles. The molecule has 6 nitrogen and oxygen atoms in total. The third-order valence-electron chi connectivity index (χ3n) is 5.63. The minimum absolute atomic E-state index is 0.0122. The number of nitrogens with one attached hydrogen (secondary N) is 1. The van der Waals surface area contributed by atoms with Gasteiger partial charge < -0.3 is 10.1 Å². The Kier molecular flexibility index (Phi) is 7.32. The van der Waals surface area contributed by atoms with E-state index in [1.807, 2.05) is 31.2 Å². The third-order valence-corrected chi connectivity index (χ3v) is 5.98. The van der Waals surface area contributed by atoms with Crippen molar-refractivity contribution >= 4 is 40.8 Å². The monoisotopic (exact) mass is 488 g/mol. The Morgan fingerprint density at radius 3 is 2.34 bits per heavy atom. The van der Waals surface area contributed by atoms with Gasteiger partial charge in [-0.1, -0.05) is 49.2 Å². The Morgan fingerprint density at radius 2 is 1.69 bits per heavy atom. The topological polar surface area (TPSA) is 75.7 Å². The zero-order chi connectivity index (χ0) is 24.9. The van der Waals surface area contributed by atoms with Crippen molar-refractivity contribution in [3.63, 3.8) is 0 Å². The van der Waals surface area contributed by atoms with Crippen LogP contribution in [0.15, 0.2) is 83.5 Å². The summed E-state index contributed by atoms with van der Waals surface area (Å²) in [5.41, 5.74) is 3.43. The summed E-state index contributed by atoms with van der Waals surface area (Å²) < 4.78 is 5.40. The van der Waals surface area contributed by atoms with Crippen LogP contribution in [0.2, 0.25) is 0 Å². The largest absolute Gasteiger partial charge is 0.423 e. The lowest BCUT2D eigenvalue weighted by Crippen LogP contribution is -2.32. The molecule has 1 aliphatic heterocycles. The number of anilines is 2. The number of unbranched alkanes of at least 4 members (excludes halogenated alkanes) is 1. The lowest BCUT2D eigenvalue weighted by Gasteiger charge is -2.15. The molecule has 1 N–H and O–H groups in total. The highest BCUT2D eigenvalue weighted by atomic mass is 35.5. The van der Waals surface area contributed by atoms with Gasteiger partial charge in [0.25, 0.3) is 11.8 Å². The van der Waals surface area contributed by atoms with E-state index in [4.69, 9.17) is 16.3 Å². The highest BCUT2D eigenvalue weighted by Gasteiger charge is 2.38. The number of aryl methyl sites for hydroxylation is 2. The summed E-state index contributed by atoms with van der Waals surface area (Å²) in [5, 5.41) is 2.73. The summed E-state index contributed by atoms with van der Waals surface area (Å²) in [6.07, 6.45) is 3.11. The average Bonchev–Trinajstić information content (AvgIpc) is 3.06. The van der Waals surface area contributed by atoms with Gasteiger partial charge in [0, 0.05) is 5.69 Å². The summed E-state index contributed by atoms with van der Waals surface area (Å²) in [7, 11) is 0. The van der Waals surface area contributed by atoms with Crippen LogP contribution in [0.5, 0.6) is 5.75 Å². The average molecular weight is 489 g/mol. The van der Waals surface area contributed by atoms with Gasteiger partial charge in [-0.15, -0.1) is 0 Å². The summed E-state index contributed by atoms with van der Waals surface area (Å²) in [4.78, 5) is 39.2. The molecular weight excluding hydrogens is 464 g/mol. The van der Waals surface area contributed by atoms with Crippen LogP contribution in [0.25, 0.3) is 0 Å². The molecule has 0 fully saturated rings. The molecule has 0 bridgehead atoms. The smallest absolute Gasteiger partial charge is 0.343 e. The SMILES string of the molecule is CCCCc1ccc(N2C(=O)C(Cl)=C(Nc3ccc(C(=O)Oc4cccc(C)c4)cc3)C2=O)cc1.